The summed E-state index contributed by atoms with van der Waals surface area (Å²) in [5.74, 6) is 0. The van der Waals surface area contributed by atoms with Crippen LogP contribution in [-0.4, -0.2) is 17.8 Å². The highest BCUT2D eigenvalue weighted by Crippen LogP contribution is 2.56. The molecule has 18 heavy (non-hydrogen) atoms. The Hall–Kier alpha value is -0.860. The average Bonchev–Trinajstić information content (AvgIpc) is 3.01. The second-order valence-corrected chi connectivity index (χ2v) is 6.63. The van der Waals surface area contributed by atoms with E-state index in [1.165, 1.54) is 5.56 Å². The lowest BCUT2D eigenvalue weighted by Crippen LogP contribution is -2.39. The minimum atomic E-state index is 0.0725. The molecule has 98 valence electrons. The van der Waals surface area contributed by atoms with Crippen molar-refractivity contribution in [2.24, 2.45) is 5.41 Å². The Labute approximate surface area is 109 Å². The third-order valence-corrected chi connectivity index (χ3v) is 4.31. The molecule has 1 aromatic carbocycles. The van der Waals surface area contributed by atoms with Gasteiger partial charge in [-0.05, 0) is 24.3 Å². The van der Waals surface area contributed by atoms with Gasteiger partial charge in [-0.3, -0.25) is 0 Å². The number of hydrogen-bond acceptors (Lipinski definition) is 2. The van der Waals surface area contributed by atoms with Crippen LogP contribution in [-0.2, 0) is 16.1 Å². The summed E-state index contributed by atoms with van der Waals surface area (Å²) in [4.78, 5) is 0. The lowest BCUT2D eigenvalue weighted by molar-refractivity contribution is -0.0144. The molecule has 2 aliphatic rings. The monoisotopic (exact) mass is 246 g/mol. The molecular formula is C16H22O2. The van der Waals surface area contributed by atoms with Gasteiger partial charge in [-0.15, -0.1) is 0 Å². The third kappa shape index (κ3) is 2.19. The van der Waals surface area contributed by atoms with Crippen LogP contribution in [0.5, 0.6) is 0 Å². The van der Waals surface area contributed by atoms with Crippen LogP contribution in [0.1, 0.15) is 39.2 Å². The first-order chi connectivity index (χ1) is 8.50. The van der Waals surface area contributed by atoms with E-state index in [0.29, 0.717) is 18.8 Å². The van der Waals surface area contributed by atoms with Crippen LogP contribution in [0.15, 0.2) is 30.3 Å². The normalized spacial score (nSPS) is 37.1. The molecule has 1 aliphatic carbocycles. The highest BCUT2D eigenvalue weighted by atomic mass is 16.6. The van der Waals surface area contributed by atoms with Crippen molar-refractivity contribution in [3.8, 4) is 0 Å². The summed E-state index contributed by atoms with van der Waals surface area (Å²) in [6.45, 7) is 7.52. The number of hydrogen-bond donors (Lipinski definition) is 0. The molecule has 1 saturated carbocycles. The van der Waals surface area contributed by atoms with Crippen LogP contribution >= 0.6 is 0 Å². The summed E-state index contributed by atoms with van der Waals surface area (Å²) >= 11 is 0. The van der Waals surface area contributed by atoms with Crippen LogP contribution in [0, 0.1) is 5.41 Å². The molecule has 1 heterocycles. The molecule has 0 spiro atoms. The molecule has 1 aliphatic heterocycles. The highest BCUT2D eigenvalue weighted by molar-refractivity contribution is 5.14. The standard InChI is InChI=1S/C16H22O2/c1-15(2)9-13(10-16(3)14(15)18-16)17-11-12-7-5-4-6-8-12/h4-8,13-14H,9-11H2,1-3H3/t13-,14+,16-/m0/s1. The van der Waals surface area contributed by atoms with E-state index < -0.39 is 0 Å². The lowest BCUT2D eigenvalue weighted by Gasteiger charge is -2.34. The lowest BCUT2D eigenvalue weighted by atomic mass is 9.71. The smallest absolute Gasteiger partial charge is 0.0950 e. The van der Waals surface area contributed by atoms with Gasteiger partial charge in [-0.2, -0.15) is 0 Å². The molecular weight excluding hydrogens is 224 g/mol. The van der Waals surface area contributed by atoms with Gasteiger partial charge in [0.25, 0.3) is 0 Å². The molecule has 2 heteroatoms. The second kappa shape index (κ2) is 4.07. The Morgan fingerprint density at radius 2 is 1.89 bits per heavy atom. The highest BCUT2D eigenvalue weighted by Gasteiger charge is 2.63. The first kappa shape index (κ1) is 12.2. The molecule has 0 aromatic heterocycles. The van der Waals surface area contributed by atoms with Crippen molar-refractivity contribution in [1.82, 2.24) is 0 Å². The average molecular weight is 246 g/mol. The SMILES string of the molecule is CC1(C)C[C@H](OCc2ccccc2)C[C@]2(C)O[C@H]12. The van der Waals surface area contributed by atoms with E-state index >= 15 is 0 Å². The Balaban J connectivity index is 1.61. The summed E-state index contributed by atoms with van der Waals surface area (Å²) in [7, 11) is 0. The first-order valence-corrected chi connectivity index (χ1v) is 6.83. The van der Waals surface area contributed by atoms with Crippen molar-refractivity contribution in [3.05, 3.63) is 35.9 Å². The molecule has 3 atom stereocenters. The Bertz CT molecular complexity index is 426. The van der Waals surface area contributed by atoms with Gasteiger partial charge in [0.15, 0.2) is 0 Å². The zero-order chi connectivity index (χ0) is 12.8. The first-order valence-electron chi connectivity index (χ1n) is 6.83. The van der Waals surface area contributed by atoms with Crippen molar-refractivity contribution in [3.63, 3.8) is 0 Å². The minimum absolute atomic E-state index is 0.0725. The molecule has 0 amide bonds. The Morgan fingerprint density at radius 3 is 2.56 bits per heavy atom. The zero-order valence-corrected chi connectivity index (χ0v) is 11.5. The number of epoxide rings is 1. The van der Waals surface area contributed by atoms with Gasteiger partial charge in [-0.25, -0.2) is 0 Å². The molecule has 0 bridgehead atoms. The van der Waals surface area contributed by atoms with E-state index in [9.17, 15) is 0 Å². The van der Waals surface area contributed by atoms with E-state index in [1.54, 1.807) is 0 Å². The molecule has 0 N–H and O–H groups in total. The van der Waals surface area contributed by atoms with Gasteiger partial charge in [0, 0.05) is 6.42 Å². The number of fused-ring (bicyclic) bond motifs is 1. The van der Waals surface area contributed by atoms with Gasteiger partial charge in [-0.1, -0.05) is 44.2 Å². The summed E-state index contributed by atoms with van der Waals surface area (Å²) in [5.41, 5.74) is 1.57. The minimum Gasteiger partial charge on any atom is -0.373 e. The van der Waals surface area contributed by atoms with Crippen molar-refractivity contribution in [1.29, 1.82) is 0 Å². The second-order valence-electron chi connectivity index (χ2n) is 6.63. The fourth-order valence-electron chi connectivity index (χ4n) is 3.50. The maximum Gasteiger partial charge on any atom is 0.0950 e. The van der Waals surface area contributed by atoms with Crippen LogP contribution in [0.2, 0.25) is 0 Å². The molecule has 2 nitrogen and oxygen atoms in total. The zero-order valence-electron chi connectivity index (χ0n) is 11.5. The quantitative estimate of drug-likeness (QED) is 0.761. The Morgan fingerprint density at radius 1 is 1.17 bits per heavy atom. The van der Waals surface area contributed by atoms with E-state index in [1.807, 2.05) is 6.07 Å². The van der Waals surface area contributed by atoms with Crippen LogP contribution < -0.4 is 0 Å². The predicted molar refractivity (Wildman–Crippen MR) is 71.3 cm³/mol. The molecule has 1 aromatic rings. The van der Waals surface area contributed by atoms with Gasteiger partial charge >= 0.3 is 0 Å². The van der Waals surface area contributed by atoms with Crippen molar-refractivity contribution in [2.75, 3.05) is 0 Å². The third-order valence-electron chi connectivity index (χ3n) is 4.31. The number of benzene rings is 1. The van der Waals surface area contributed by atoms with Crippen molar-refractivity contribution >= 4 is 0 Å². The van der Waals surface area contributed by atoms with Crippen molar-refractivity contribution < 1.29 is 9.47 Å². The molecule has 3 rings (SSSR count). The Kier molecular flexibility index (Phi) is 2.76. The molecule has 1 saturated heterocycles. The molecule has 0 radical (unpaired) electrons. The maximum atomic E-state index is 6.09. The van der Waals surface area contributed by atoms with Gasteiger partial charge < -0.3 is 9.47 Å². The van der Waals surface area contributed by atoms with E-state index in [2.05, 4.69) is 45.0 Å². The van der Waals surface area contributed by atoms with E-state index in [4.69, 9.17) is 9.47 Å². The molecule has 0 unspecified atom stereocenters. The fraction of sp³-hybridized carbons (Fsp3) is 0.625. The van der Waals surface area contributed by atoms with Gasteiger partial charge in [0.2, 0.25) is 0 Å². The number of ether oxygens (including phenoxy) is 2. The summed E-state index contributed by atoms with van der Waals surface area (Å²) in [5, 5.41) is 0. The largest absolute Gasteiger partial charge is 0.373 e. The predicted octanol–water partition coefficient (Wildman–Crippen LogP) is 3.55. The van der Waals surface area contributed by atoms with Crippen molar-refractivity contribution in [2.45, 2.75) is 58.0 Å². The van der Waals surface area contributed by atoms with Crippen LogP contribution in [0.3, 0.4) is 0 Å². The molecule has 2 fully saturated rings. The summed E-state index contributed by atoms with van der Waals surface area (Å²) in [6.07, 6.45) is 2.89. The van der Waals surface area contributed by atoms with Crippen LogP contribution in [0.4, 0.5) is 0 Å². The summed E-state index contributed by atoms with van der Waals surface area (Å²) < 4.78 is 12.0. The maximum absolute atomic E-state index is 6.09. The number of rotatable bonds is 3. The van der Waals surface area contributed by atoms with E-state index in [-0.39, 0.29) is 11.0 Å². The van der Waals surface area contributed by atoms with E-state index in [0.717, 1.165) is 12.8 Å². The van der Waals surface area contributed by atoms with Gasteiger partial charge in [0.1, 0.15) is 0 Å². The summed E-state index contributed by atoms with van der Waals surface area (Å²) in [6, 6.07) is 10.4. The van der Waals surface area contributed by atoms with Crippen LogP contribution in [0.25, 0.3) is 0 Å². The fourth-order valence-corrected chi connectivity index (χ4v) is 3.50. The topological polar surface area (TPSA) is 21.8 Å². The van der Waals surface area contributed by atoms with Gasteiger partial charge in [0.05, 0.1) is 24.4 Å².